The zero-order valence-corrected chi connectivity index (χ0v) is 15.0. The molecule has 142 valence electrons. The van der Waals surface area contributed by atoms with Crippen LogP contribution in [0.5, 0.6) is 0 Å². The molecule has 0 saturated heterocycles. The number of carboxylic acid groups (broad SMARTS) is 1. The highest BCUT2D eigenvalue weighted by Gasteiger charge is 2.29. The van der Waals surface area contributed by atoms with Crippen LogP contribution >= 0.6 is 0 Å². The molecular formula is C20H18N4O4. The molecule has 1 aliphatic rings. The maximum atomic E-state index is 12.2. The highest BCUT2D eigenvalue weighted by Crippen LogP contribution is 2.44. The van der Waals surface area contributed by atoms with Crippen LogP contribution in [-0.2, 0) is 4.74 Å². The Labute approximate surface area is 160 Å². The first-order valence-corrected chi connectivity index (χ1v) is 8.81. The quantitative estimate of drug-likeness (QED) is 0.628. The first kappa shape index (κ1) is 17.7. The monoisotopic (exact) mass is 378 g/mol. The Morgan fingerprint density at radius 3 is 2.32 bits per heavy atom. The van der Waals surface area contributed by atoms with Crippen LogP contribution < -0.4 is 5.32 Å². The van der Waals surface area contributed by atoms with Crippen LogP contribution in [0.25, 0.3) is 11.1 Å². The van der Waals surface area contributed by atoms with Gasteiger partial charge in [-0.05, 0) is 29.2 Å². The van der Waals surface area contributed by atoms with Crippen LogP contribution in [0.3, 0.4) is 0 Å². The average Bonchev–Trinajstić information content (AvgIpc) is 3.30. The second kappa shape index (κ2) is 7.15. The molecule has 3 N–H and O–H groups in total. The van der Waals surface area contributed by atoms with Gasteiger partial charge in [-0.2, -0.15) is 0 Å². The maximum Gasteiger partial charge on any atom is 0.407 e. The number of amides is 1. The molecular weight excluding hydrogens is 360 g/mol. The molecule has 28 heavy (non-hydrogen) atoms. The lowest BCUT2D eigenvalue weighted by Crippen LogP contribution is -2.29. The van der Waals surface area contributed by atoms with Gasteiger partial charge in [0.05, 0.1) is 6.04 Å². The zero-order chi connectivity index (χ0) is 19.7. The largest absolute Gasteiger partial charge is 0.475 e. The van der Waals surface area contributed by atoms with Gasteiger partial charge in [-0.25, -0.2) is 14.6 Å². The van der Waals surface area contributed by atoms with E-state index in [9.17, 15) is 9.59 Å². The van der Waals surface area contributed by atoms with Gasteiger partial charge in [0, 0.05) is 5.92 Å². The number of nitrogens with zero attached hydrogens (tertiary/aromatic N) is 2. The van der Waals surface area contributed by atoms with Crippen molar-refractivity contribution in [3.05, 3.63) is 71.3 Å². The molecule has 0 radical (unpaired) electrons. The van der Waals surface area contributed by atoms with Crippen molar-refractivity contribution in [2.24, 2.45) is 0 Å². The van der Waals surface area contributed by atoms with E-state index in [-0.39, 0.29) is 24.2 Å². The van der Waals surface area contributed by atoms with Crippen molar-refractivity contribution in [2.45, 2.75) is 18.9 Å². The highest BCUT2D eigenvalue weighted by atomic mass is 16.5. The molecule has 2 aromatic carbocycles. The molecule has 0 fully saturated rings. The number of fused-ring (bicyclic) bond motifs is 3. The Bertz CT molecular complexity index is 1000. The molecule has 0 aliphatic heterocycles. The Kier molecular flexibility index (Phi) is 4.52. The molecule has 0 spiro atoms. The van der Waals surface area contributed by atoms with E-state index in [0.717, 1.165) is 22.3 Å². The van der Waals surface area contributed by atoms with E-state index in [1.807, 2.05) is 36.4 Å². The number of benzene rings is 2. The summed E-state index contributed by atoms with van der Waals surface area (Å²) < 4.78 is 5.46. The molecule has 3 aromatic rings. The Balaban J connectivity index is 1.43. The van der Waals surface area contributed by atoms with E-state index < -0.39 is 18.1 Å². The summed E-state index contributed by atoms with van der Waals surface area (Å²) in [5.41, 5.74) is 4.57. The van der Waals surface area contributed by atoms with Crippen LogP contribution in [0.4, 0.5) is 4.79 Å². The summed E-state index contributed by atoms with van der Waals surface area (Å²) in [5, 5.41) is 17.6. The van der Waals surface area contributed by atoms with Gasteiger partial charge in [-0.1, -0.05) is 48.5 Å². The Morgan fingerprint density at radius 2 is 1.75 bits per heavy atom. The van der Waals surface area contributed by atoms with E-state index in [1.54, 1.807) is 6.92 Å². The lowest BCUT2D eigenvalue weighted by molar-refractivity contribution is 0.0684. The van der Waals surface area contributed by atoms with Gasteiger partial charge >= 0.3 is 12.1 Å². The molecule has 1 atom stereocenters. The number of hydrogen-bond donors (Lipinski definition) is 3. The fraction of sp³-hybridized carbons (Fsp3) is 0.200. The molecule has 1 aliphatic carbocycles. The van der Waals surface area contributed by atoms with Crippen molar-refractivity contribution in [1.29, 1.82) is 0 Å². The van der Waals surface area contributed by atoms with Crippen molar-refractivity contribution in [2.75, 3.05) is 6.61 Å². The number of carbonyl (C=O) groups is 2. The fourth-order valence-electron chi connectivity index (χ4n) is 3.45. The number of aromatic carboxylic acids is 1. The van der Waals surface area contributed by atoms with Gasteiger partial charge in [0.2, 0.25) is 0 Å². The van der Waals surface area contributed by atoms with Gasteiger partial charge < -0.3 is 15.2 Å². The van der Waals surface area contributed by atoms with Crippen LogP contribution in [0.2, 0.25) is 0 Å². The number of nitrogens with one attached hydrogen (secondary N) is 2. The minimum absolute atomic E-state index is 0.0302. The lowest BCUT2D eigenvalue weighted by Gasteiger charge is -2.16. The molecule has 4 rings (SSSR count). The van der Waals surface area contributed by atoms with Crippen molar-refractivity contribution in [3.63, 3.8) is 0 Å². The second-order valence-corrected chi connectivity index (χ2v) is 6.54. The van der Waals surface area contributed by atoms with E-state index in [2.05, 4.69) is 32.6 Å². The average molecular weight is 378 g/mol. The molecule has 8 nitrogen and oxygen atoms in total. The predicted octanol–water partition coefficient (Wildman–Crippen LogP) is 3.10. The number of H-pyrrole nitrogens is 1. The predicted molar refractivity (Wildman–Crippen MR) is 100.0 cm³/mol. The van der Waals surface area contributed by atoms with Crippen molar-refractivity contribution < 1.29 is 19.4 Å². The Morgan fingerprint density at radius 1 is 1.14 bits per heavy atom. The standard InChI is InChI=1S/C20H18N4O4/c1-11(17-22-18(19(25)26)24-23-17)21-20(27)28-10-16-14-8-4-2-6-12(14)13-7-3-5-9-15(13)16/h2-9,11,16H,10H2,1H3,(H,21,27)(H,25,26)(H,22,23,24). The third-order valence-electron chi connectivity index (χ3n) is 4.78. The smallest absolute Gasteiger partial charge is 0.407 e. The molecule has 0 bridgehead atoms. The summed E-state index contributed by atoms with van der Waals surface area (Å²) in [6, 6.07) is 15.6. The number of aromatic nitrogens is 3. The number of carboxylic acids is 1. The Hall–Kier alpha value is -3.68. The summed E-state index contributed by atoms with van der Waals surface area (Å²) >= 11 is 0. The maximum absolute atomic E-state index is 12.2. The first-order chi connectivity index (χ1) is 13.5. The summed E-state index contributed by atoms with van der Waals surface area (Å²) in [4.78, 5) is 26.9. The molecule has 1 aromatic heterocycles. The normalized spacial score (nSPS) is 13.5. The minimum atomic E-state index is -1.24. The van der Waals surface area contributed by atoms with Gasteiger partial charge in [-0.3, -0.25) is 5.10 Å². The van der Waals surface area contributed by atoms with Crippen LogP contribution in [0.1, 0.15) is 46.5 Å². The van der Waals surface area contributed by atoms with E-state index in [4.69, 9.17) is 9.84 Å². The van der Waals surface area contributed by atoms with E-state index in [1.165, 1.54) is 0 Å². The van der Waals surface area contributed by atoms with Crippen molar-refractivity contribution in [3.8, 4) is 11.1 Å². The zero-order valence-electron chi connectivity index (χ0n) is 15.0. The summed E-state index contributed by atoms with van der Waals surface area (Å²) in [7, 11) is 0. The number of rotatable bonds is 5. The summed E-state index contributed by atoms with van der Waals surface area (Å²) in [5.74, 6) is -1.38. The van der Waals surface area contributed by atoms with Crippen LogP contribution in [0.15, 0.2) is 48.5 Å². The third-order valence-corrected chi connectivity index (χ3v) is 4.78. The molecule has 0 saturated carbocycles. The van der Waals surface area contributed by atoms with Crippen LogP contribution in [-0.4, -0.2) is 39.0 Å². The van der Waals surface area contributed by atoms with E-state index >= 15 is 0 Å². The van der Waals surface area contributed by atoms with Crippen molar-refractivity contribution >= 4 is 12.1 Å². The van der Waals surface area contributed by atoms with Gasteiger partial charge in [0.25, 0.3) is 5.82 Å². The minimum Gasteiger partial charge on any atom is -0.475 e. The SMILES string of the molecule is CC(NC(=O)OCC1c2ccccc2-c2ccccc21)c1nc(C(=O)O)n[nH]1. The summed E-state index contributed by atoms with van der Waals surface area (Å²) in [6.07, 6.45) is -0.609. The number of ether oxygens (including phenoxy) is 1. The summed E-state index contributed by atoms with van der Waals surface area (Å²) in [6.45, 7) is 1.86. The number of aromatic amines is 1. The molecule has 1 amide bonds. The number of hydrogen-bond acceptors (Lipinski definition) is 5. The highest BCUT2D eigenvalue weighted by molar-refractivity contribution is 5.83. The topological polar surface area (TPSA) is 117 Å². The van der Waals surface area contributed by atoms with Gasteiger partial charge in [0.1, 0.15) is 12.4 Å². The lowest BCUT2D eigenvalue weighted by atomic mass is 9.98. The second-order valence-electron chi connectivity index (χ2n) is 6.54. The number of alkyl carbamates (subject to hydrolysis) is 1. The van der Waals surface area contributed by atoms with Crippen molar-refractivity contribution in [1.82, 2.24) is 20.5 Å². The first-order valence-electron chi connectivity index (χ1n) is 8.81. The van der Waals surface area contributed by atoms with Gasteiger partial charge in [0.15, 0.2) is 0 Å². The third kappa shape index (κ3) is 3.20. The van der Waals surface area contributed by atoms with Crippen LogP contribution in [0, 0.1) is 0 Å². The van der Waals surface area contributed by atoms with E-state index in [0.29, 0.717) is 0 Å². The molecule has 1 unspecified atom stereocenters. The van der Waals surface area contributed by atoms with Gasteiger partial charge in [-0.15, -0.1) is 5.10 Å². The fourth-order valence-corrected chi connectivity index (χ4v) is 3.45. The molecule has 1 heterocycles. The molecule has 8 heteroatoms. The number of carbonyl (C=O) groups excluding carboxylic acids is 1.